The van der Waals surface area contributed by atoms with Crippen LogP contribution in [0.5, 0.6) is 5.75 Å². The number of hydrogen-bond donors (Lipinski definition) is 0. The molecule has 0 saturated heterocycles. The number of hydrogen-bond acceptors (Lipinski definition) is 4. The Balaban J connectivity index is 2.21. The molecule has 94 valence electrons. The molecular formula is C12H17NO3S. The molecule has 0 aromatic carbocycles. The first-order valence-electron chi connectivity index (χ1n) is 5.97. The van der Waals surface area contributed by atoms with E-state index in [1.54, 1.807) is 12.1 Å². The van der Waals surface area contributed by atoms with Gasteiger partial charge in [0, 0.05) is 0 Å². The largest absolute Gasteiger partial charge is 0.492 e. The van der Waals surface area contributed by atoms with Crippen molar-refractivity contribution in [2.24, 2.45) is 0 Å². The van der Waals surface area contributed by atoms with E-state index in [0.717, 1.165) is 25.7 Å². The summed E-state index contributed by atoms with van der Waals surface area (Å²) in [7, 11) is -3.24. The molecule has 0 aliphatic heterocycles. The third kappa shape index (κ3) is 2.60. The summed E-state index contributed by atoms with van der Waals surface area (Å²) in [5.41, 5.74) is 0. The zero-order valence-electron chi connectivity index (χ0n) is 9.93. The van der Waals surface area contributed by atoms with Gasteiger partial charge in [0.05, 0.1) is 18.1 Å². The fourth-order valence-electron chi connectivity index (χ4n) is 2.16. The van der Waals surface area contributed by atoms with E-state index in [1.165, 1.54) is 6.20 Å². The Morgan fingerprint density at radius 1 is 1.35 bits per heavy atom. The molecule has 0 amide bonds. The van der Waals surface area contributed by atoms with Crippen molar-refractivity contribution in [2.45, 2.75) is 42.9 Å². The zero-order valence-corrected chi connectivity index (χ0v) is 10.7. The summed E-state index contributed by atoms with van der Waals surface area (Å²) >= 11 is 0. The van der Waals surface area contributed by atoms with E-state index in [4.69, 9.17) is 4.74 Å². The van der Waals surface area contributed by atoms with Crippen molar-refractivity contribution < 1.29 is 13.2 Å². The number of sulfone groups is 1. The Hall–Kier alpha value is -1.10. The molecule has 0 N–H and O–H groups in total. The summed E-state index contributed by atoms with van der Waals surface area (Å²) < 4.78 is 29.6. The molecule has 1 aliphatic rings. The molecule has 17 heavy (non-hydrogen) atoms. The number of ether oxygens (including phenoxy) is 1. The Bertz CT molecular complexity index is 461. The lowest BCUT2D eigenvalue weighted by molar-refractivity contribution is 0.338. The Kier molecular flexibility index (Phi) is 3.66. The van der Waals surface area contributed by atoms with Crippen LogP contribution in [-0.2, 0) is 9.84 Å². The molecule has 5 heteroatoms. The van der Waals surface area contributed by atoms with E-state index in [-0.39, 0.29) is 10.3 Å². The second kappa shape index (κ2) is 5.04. The van der Waals surface area contributed by atoms with Gasteiger partial charge in [-0.1, -0.05) is 12.8 Å². The van der Waals surface area contributed by atoms with Gasteiger partial charge in [0.15, 0.2) is 14.9 Å². The van der Waals surface area contributed by atoms with E-state index in [0.29, 0.717) is 12.4 Å². The van der Waals surface area contributed by atoms with E-state index < -0.39 is 9.84 Å². The molecule has 0 atom stereocenters. The van der Waals surface area contributed by atoms with Crippen LogP contribution in [0.4, 0.5) is 0 Å². The molecule has 0 radical (unpaired) electrons. The van der Waals surface area contributed by atoms with Crippen LogP contribution in [0.15, 0.2) is 23.4 Å². The van der Waals surface area contributed by atoms with Crippen molar-refractivity contribution in [1.29, 1.82) is 0 Å². The van der Waals surface area contributed by atoms with Gasteiger partial charge >= 0.3 is 0 Å². The van der Waals surface area contributed by atoms with Gasteiger partial charge in [-0.3, -0.25) is 0 Å². The molecule has 1 aliphatic carbocycles. The highest BCUT2D eigenvalue weighted by atomic mass is 32.2. The molecule has 1 heterocycles. The van der Waals surface area contributed by atoms with Gasteiger partial charge in [0.1, 0.15) is 5.75 Å². The summed E-state index contributed by atoms with van der Waals surface area (Å²) in [5.74, 6) is 0.609. The van der Waals surface area contributed by atoms with Crippen molar-refractivity contribution in [3.8, 4) is 5.75 Å². The molecule has 0 spiro atoms. The molecular weight excluding hydrogens is 238 g/mol. The molecule has 1 aromatic heterocycles. The lowest BCUT2D eigenvalue weighted by Gasteiger charge is -2.10. The SMILES string of the molecule is CCOc1ccc(S(=O)(=O)C2CCCC2)nc1. The summed E-state index contributed by atoms with van der Waals surface area (Å²) in [5, 5.41) is -0.0687. The predicted molar refractivity (Wildman–Crippen MR) is 64.8 cm³/mol. The fourth-order valence-corrected chi connectivity index (χ4v) is 3.91. The molecule has 4 nitrogen and oxygen atoms in total. The topological polar surface area (TPSA) is 56.3 Å². The number of aromatic nitrogens is 1. The zero-order chi connectivity index (χ0) is 12.3. The minimum absolute atomic E-state index is 0.174. The van der Waals surface area contributed by atoms with E-state index in [2.05, 4.69) is 4.98 Å². The van der Waals surface area contributed by atoms with Gasteiger partial charge < -0.3 is 4.74 Å². The van der Waals surface area contributed by atoms with Crippen molar-refractivity contribution in [2.75, 3.05) is 6.61 Å². The Labute approximate surface area is 102 Å². The lowest BCUT2D eigenvalue weighted by atomic mass is 10.4. The van der Waals surface area contributed by atoms with Gasteiger partial charge in [-0.05, 0) is 31.9 Å². The Morgan fingerprint density at radius 2 is 2.06 bits per heavy atom. The van der Waals surface area contributed by atoms with Gasteiger partial charge in [0.2, 0.25) is 0 Å². The van der Waals surface area contributed by atoms with E-state index >= 15 is 0 Å². The summed E-state index contributed by atoms with van der Waals surface area (Å²) in [6.45, 7) is 2.43. The number of nitrogens with zero attached hydrogens (tertiary/aromatic N) is 1. The van der Waals surface area contributed by atoms with Gasteiger partial charge in [-0.25, -0.2) is 13.4 Å². The van der Waals surface area contributed by atoms with Crippen LogP contribution in [0.1, 0.15) is 32.6 Å². The number of rotatable bonds is 4. The van der Waals surface area contributed by atoms with Crippen molar-refractivity contribution >= 4 is 9.84 Å². The molecule has 1 fully saturated rings. The first kappa shape index (κ1) is 12.4. The van der Waals surface area contributed by atoms with Crippen LogP contribution >= 0.6 is 0 Å². The fraction of sp³-hybridized carbons (Fsp3) is 0.583. The third-order valence-electron chi connectivity index (χ3n) is 3.05. The summed E-state index contributed by atoms with van der Waals surface area (Å²) in [4.78, 5) is 4.00. The first-order valence-corrected chi connectivity index (χ1v) is 7.52. The standard InChI is InChI=1S/C12H17NO3S/c1-2-16-10-7-8-12(13-9-10)17(14,15)11-5-3-4-6-11/h7-9,11H,2-6H2,1H3. The minimum Gasteiger partial charge on any atom is -0.492 e. The van der Waals surface area contributed by atoms with Gasteiger partial charge in [0.25, 0.3) is 0 Å². The van der Waals surface area contributed by atoms with Gasteiger partial charge in [-0.2, -0.15) is 0 Å². The van der Waals surface area contributed by atoms with Gasteiger partial charge in [-0.15, -0.1) is 0 Å². The van der Waals surface area contributed by atoms with Crippen LogP contribution in [-0.4, -0.2) is 25.3 Å². The van der Waals surface area contributed by atoms with E-state index in [1.807, 2.05) is 6.92 Å². The average Bonchev–Trinajstić information content (AvgIpc) is 2.84. The Morgan fingerprint density at radius 3 is 2.59 bits per heavy atom. The second-order valence-corrected chi connectivity index (χ2v) is 6.39. The quantitative estimate of drug-likeness (QED) is 0.827. The van der Waals surface area contributed by atoms with Crippen LogP contribution in [0.25, 0.3) is 0 Å². The summed E-state index contributed by atoms with van der Waals surface area (Å²) in [6.07, 6.45) is 5.00. The van der Waals surface area contributed by atoms with Crippen LogP contribution in [0.2, 0.25) is 0 Å². The van der Waals surface area contributed by atoms with Crippen LogP contribution in [0, 0.1) is 0 Å². The molecule has 2 rings (SSSR count). The maximum absolute atomic E-state index is 12.2. The average molecular weight is 255 g/mol. The van der Waals surface area contributed by atoms with Crippen molar-refractivity contribution in [1.82, 2.24) is 4.98 Å². The second-order valence-electron chi connectivity index (χ2n) is 4.22. The smallest absolute Gasteiger partial charge is 0.198 e. The van der Waals surface area contributed by atoms with Crippen LogP contribution < -0.4 is 4.74 Å². The minimum atomic E-state index is -3.24. The monoisotopic (exact) mass is 255 g/mol. The summed E-state index contributed by atoms with van der Waals surface area (Å²) in [6, 6.07) is 3.21. The maximum atomic E-state index is 12.2. The van der Waals surface area contributed by atoms with E-state index in [9.17, 15) is 8.42 Å². The highest BCUT2D eigenvalue weighted by molar-refractivity contribution is 7.92. The molecule has 0 unspecified atom stereocenters. The number of pyridine rings is 1. The highest BCUT2D eigenvalue weighted by Crippen LogP contribution is 2.29. The van der Waals surface area contributed by atoms with Crippen molar-refractivity contribution in [3.63, 3.8) is 0 Å². The first-order chi connectivity index (χ1) is 8.14. The third-order valence-corrected chi connectivity index (χ3v) is 5.23. The molecule has 1 aromatic rings. The predicted octanol–water partition coefficient (Wildman–Crippen LogP) is 2.20. The highest BCUT2D eigenvalue weighted by Gasteiger charge is 2.31. The van der Waals surface area contributed by atoms with Crippen molar-refractivity contribution in [3.05, 3.63) is 18.3 Å². The normalized spacial score (nSPS) is 17.2. The maximum Gasteiger partial charge on any atom is 0.198 e. The molecule has 1 saturated carbocycles. The van der Waals surface area contributed by atoms with Crippen LogP contribution in [0.3, 0.4) is 0 Å². The molecule has 0 bridgehead atoms. The lowest BCUT2D eigenvalue weighted by Crippen LogP contribution is -2.18.